The minimum absolute atomic E-state index is 0.162. The summed E-state index contributed by atoms with van der Waals surface area (Å²) in [7, 11) is 0. The molecule has 0 saturated carbocycles. The molecule has 6 nitrogen and oxygen atoms in total. The van der Waals surface area contributed by atoms with Crippen LogP contribution in [-0.2, 0) is 4.79 Å². The van der Waals surface area contributed by atoms with Crippen molar-refractivity contribution in [1.29, 1.82) is 0 Å². The Hall–Kier alpha value is -2.08. The van der Waals surface area contributed by atoms with Crippen LogP contribution in [0, 0.1) is 5.92 Å². The van der Waals surface area contributed by atoms with Gasteiger partial charge in [0.05, 0.1) is 5.52 Å². The van der Waals surface area contributed by atoms with E-state index in [1.807, 2.05) is 0 Å². The van der Waals surface area contributed by atoms with Gasteiger partial charge in [-0.3, -0.25) is 9.78 Å². The standard InChI is InChI=1S/C11H13N3O3/c1-6(5-12)10(15)13-7-2-3-8-9(4-7)17-11(16)14-8/h2-4,6H,5,12H2,1H3,(H,13,15)(H,14,16). The summed E-state index contributed by atoms with van der Waals surface area (Å²) in [6.45, 7) is 2.03. The summed E-state index contributed by atoms with van der Waals surface area (Å²) in [6.07, 6.45) is 0. The number of benzene rings is 1. The first-order valence-electron chi connectivity index (χ1n) is 5.24. The zero-order valence-corrected chi connectivity index (χ0v) is 9.32. The average Bonchev–Trinajstić information content (AvgIpc) is 2.67. The Morgan fingerprint density at radius 2 is 2.35 bits per heavy atom. The number of H-pyrrole nitrogens is 1. The van der Waals surface area contributed by atoms with Crippen molar-refractivity contribution < 1.29 is 9.21 Å². The molecule has 0 saturated heterocycles. The Kier molecular flexibility index (Phi) is 2.97. The first kappa shape index (κ1) is 11.4. The molecule has 1 amide bonds. The van der Waals surface area contributed by atoms with E-state index >= 15 is 0 Å². The molecule has 90 valence electrons. The summed E-state index contributed by atoms with van der Waals surface area (Å²) in [5.74, 6) is -0.938. The van der Waals surface area contributed by atoms with Crippen LogP contribution in [-0.4, -0.2) is 17.4 Å². The maximum Gasteiger partial charge on any atom is 0.417 e. The SMILES string of the molecule is CC(CN)C(=O)Nc1ccc2[nH]c(=O)oc2c1. The van der Waals surface area contributed by atoms with Crippen LogP contribution < -0.4 is 16.8 Å². The van der Waals surface area contributed by atoms with Gasteiger partial charge in [0, 0.05) is 24.2 Å². The van der Waals surface area contributed by atoms with Gasteiger partial charge in [-0.25, -0.2) is 4.79 Å². The smallest absolute Gasteiger partial charge is 0.408 e. The number of oxazole rings is 1. The number of rotatable bonds is 3. The Morgan fingerprint density at radius 3 is 3.06 bits per heavy atom. The molecule has 0 bridgehead atoms. The molecule has 0 fully saturated rings. The van der Waals surface area contributed by atoms with E-state index in [0.29, 0.717) is 16.8 Å². The molecule has 0 aliphatic carbocycles. The molecule has 0 radical (unpaired) electrons. The third-order valence-corrected chi connectivity index (χ3v) is 2.49. The van der Waals surface area contributed by atoms with Gasteiger partial charge in [-0.05, 0) is 12.1 Å². The van der Waals surface area contributed by atoms with Crippen LogP contribution in [0.1, 0.15) is 6.92 Å². The molecule has 1 aromatic heterocycles. The maximum absolute atomic E-state index is 11.6. The van der Waals surface area contributed by atoms with E-state index in [4.69, 9.17) is 10.2 Å². The molecule has 0 aliphatic heterocycles. The number of fused-ring (bicyclic) bond motifs is 1. The van der Waals surface area contributed by atoms with Gasteiger partial charge < -0.3 is 15.5 Å². The summed E-state index contributed by atoms with van der Waals surface area (Å²) < 4.78 is 4.89. The van der Waals surface area contributed by atoms with Gasteiger partial charge >= 0.3 is 5.76 Å². The second kappa shape index (κ2) is 4.42. The number of hydrogen-bond donors (Lipinski definition) is 3. The van der Waals surface area contributed by atoms with Crippen molar-refractivity contribution >= 4 is 22.7 Å². The maximum atomic E-state index is 11.6. The van der Waals surface area contributed by atoms with Crippen molar-refractivity contribution in [3.8, 4) is 0 Å². The largest absolute Gasteiger partial charge is 0.417 e. The van der Waals surface area contributed by atoms with E-state index in [0.717, 1.165) is 0 Å². The molecule has 0 aliphatic rings. The summed E-state index contributed by atoms with van der Waals surface area (Å²) in [6, 6.07) is 4.95. The predicted molar refractivity (Wildman–Crippen MR) is 63.7 cm³/mol. The molecule has 4 N–H and O–H groups in total. The summed E-state index contributed by atoms with van der Waals surface area (Å²) >= 11 is 0. The Morgan fingerprint density at radius 1 is 1.59 bits per heavy atom. The Bertz CT molecular complexity index is 599. The first-order chi connectivity index (χ1) is 8.10. The van der Waals surface area contributed by atoms with Crippen molar-refractivity contribution in [2.24, 2.45) is 11.7 Å². The molecule has 17 heavy (non-hydrogen) atoms. The normalized spacial score (nSPS) is 12.6. The molecule has 2 aromatic rings. The number of carbonyl (C=O) groups excluding carboxylic acids is 1. The molecule has 1 aromatic carbocycles. The minimum Gasteiger partial charge on any atom is -0.408 e. The summed E-state index contributed by atoms with van der Waals surface area (Å²) in [4.78, 5) is 25.1. The minimum atomic E-state index is -0.515. The van der Waals surface area contributed by atoms with Crippen molar-refractivity contribution in [3.05, 3.63) is 28.7 Å². The number of anilines is 1. The van der Waals surface area contributed by atoms with Crippen LogP contribution >= 0.6 is 0 Å². The number of carbonyl (C=O) groups is 1. The molecule has 6 heteroatoms. The predicted octanol–water partition coefficient (Wildman–Crippen LogP) is 0.654. The van der Waals surface area contributed by atoms with Crippen LogP contribution in [0.25, 0.3) is 11.1 Å². The third-order valence-electron chi connectivity index (χ3n) is 2.49. The van der Waals surface area contributed by atoms with E-state index in [-0.39, 0.29) is 18.4 Å². The van der Waals surface area contributed by atoms with Gasteiger partial charge in [-0.1, -0.05) is 6.92 Å². The lowest BCUT2D eigenvalue weighted by molar-refractivity contribution is -0.119. The van der Waals surface area contributed by atoms with Gasteiger partial charge in [0.25, 0.3) is 0 Å². The summed E-state index contributed by atoms with van der Waals surface area (Å²) in [5.41, 5.74) is 6.98. The fraction of sp³-hybridized carbons (Fsp3) is 0.273. The van der Waals surface area contributed by atoms with Crippen LogP contribution in [0.4, 0.5) is 5.69 Å². The number of aromatic nitrogens is 1. The molecular formula is C11H13N3O3. The molecule has 1 atom stereocenters. The molecule has 0 spiro atoms. The van der Waals surface area contributed by atoms with Gasteiger partial charge in [0.15, 0.2) is 5.58 Å². The number of hydrogen-bond acceptors (Lipinski definition) is 4. The highest BCUT2D eigenvalue weighted by atomic mass is 16.4. The number of aromatic amines is 1. The molecule has 1 unspecified atom stereocenters. The fourth-order valence-corrected chi connectivity index (χ4v) is 1.40. The van der Waals surface area contributed by atoms with E-state index in [1.165, 1.54) is 0 Å². The third kappa shape index (κ3) is 2.36. The van der Waals surface area contributed by atoms with Gasteiger partial charge in [-0.2, -0.15) is 0 Å². The van der Waals surface area contributed by atoms with Crippen molar-refractivity contribution in [1.82, 2.24) is 4.98 Å². The Balaban J connectivity index is 2.24. The first-order valence-corrected chi connectivity index (χ1v) is 5.24. The average molecular weight is 235 g/mol. The molecule has 2 rings (SSSR count). The van der Waals surface area contributed by atoms with E-state index in [2.05, 4.69) is 10.3 Å². The van der Waals surface area contributed by atoms with Gasteiger partial charge in [0.2, 0.25) is 5.91 Å². The lowest BCUT2D eigenvalue weighted by atomic mass is 10.1. The highest BCUT2D eigenvalue weighted by Gasteiger charge is 2.11. The topological polar surface area (TPSA) is 101 Å². The van der Waals surface area contributed by atoms with Crippen molar-refractivity contribution in [3.63, 3.8) is 0 Å². The monoisotopic (exact) mass is 235 g/mol. The van der Waals surface area contributed by atoms with E-state index < -0.39 is 5.76 Å². The van der Waals surface area contributed by atoms with E-state index in [1.54, 1.807) is 25.1 Å². The second-order valence-corrected chi connectivity index (χ2v) is 3.85. The van der Waals surface area contributed by atoms with Crippen LogP contribution in [0.2, 0.25) is 0 Å². The van der Waals surface area contributed by atoms with Crippen LogP contribution in [0.15, 0.2) is 27.4 Å². The highest BCUT2D eigenvalue weighted by molar-refractivity contribution is 5.94. The lowest BCUT2D eigenvalue weighted by Gasteiger charge is -2.09. The van der Waals surface area contributed by atoms with Gasteiger partial charge in [0.1, 0.15) is 0 Å². The number of nitrogens with two attached hydrogens (primary N) is 1. The highest BCUT2D eigenvalue weighted by Crippen LogP contribution is 2.16. The van der Waals surface area contributed by atoms with E-state index in [9.17, 15) is 9.59 Å². The summed E-state index contributed by atoms with van der Waals surface area (Å²) in [5, 5.41) is 2.70. The van der Waals surface area contributed by atoms with Crippen molar-refractivity contribution in [2.45, 2.75) is 6.92 Å². The van der Waals surface area contributed by atoms with Gasteiger partial charge in [-0.15, -0.1) is 0 Å². The molecular weight excluding hydrogens is 222 g/mol. The lowest BCUT2D eigenvalue weighted by Crippen LogP contribution is -2.26. The molecule has 1 heterocycles. The Labute approximate surface area is 96.8 Å². The quantitative estimate of drug-likeness (QED) is 0.727. The fourth-order valence-electron chi connectivity index (χ4n) is 1.40. The van der Waals surface area contributed by atoms with Crippen LogP contribution in [0.5, 0.6) is 0 Å². The number of nitrogens with one attached hydrogen (secondary N) is 2. The number of amides is 1. The van der Waals surface area contributed by atoms with Crippen molar-refractivity contribution in [2.75, 3.05) is 11.9 Å². The van der Waals surface area contributed by atoms with Crippen LogP contribution in [0.3, 0.4) is 0 Å². The zero-order valence-electron chi connectivity index (χ0n) is 9.32. The second-order valence-electron chi connectivity index (χ2n) is 3.85. The zero-order chi connectivity index (χ0) is 12.4.